The monoisotopic (exact) mass is 362 g/mol. The zero-order valence-electron chi connectivity index (χ0n) is 13.5. The summed E-state index contributed by atoms with van der Waals surface area (Å²) in [4.78, 5) is 9.83. The summed E-state index contributed by atoms with van der Waals surface area (Å²) >= 11 is 9.88. The van der Waals surface area contributed by atoms with Gasteiger partial charge >= 0.3 is 0 Å². The van der Waals surface area contributed by atoms with E-state index in [0.717, 1.165) is 24.0 Å². The Balaban J connectivity index is 1.83. The molecule has 1 unspecified atom stereocenters. The number of halogens is 1. The van der Waals surface area contributed by atoms with Crippen LogP contribution in [0.4, 0.5) is 0 Å². The first-order chi connectivity index (χ1) is 11.0. The molecule has 1 atom stereocenters. The number of allylic oxidation sites excluding steroid dienone is 1. The molecule has 5 heteroatoms. The highest BCUT2D eigenvalue weighted by atomic mass is 35.5. The molecule has 2 nitrogen and oxygen atoms in total. The minimum atomic E-state index is 0.405. The standard InChI is InChI=1S/C18H19ClN2S2/c1-10-7-20-11(2)17(10)18-12(4-5-22-18)14-8-21(3)9-15-13(14)6-16(19)23-15/h4-6,14H,7-9H2,1-3H3. The fourth-order valence-electron chi connectivity index (χ4n) is 3.67. The van der Waals surface area contributed by atoms with Gasteiger partial charge < -0.3 is 4.90 Å². The summed E-state index contributed by atoms with van der Waals surface area (Å²) in [5.41, 5.74) is 6.79. The number of thiophene rings is 2. The number of hydrogen-bond donors (Lipinski definition) is 0. The van der Waals surface area contributed by atoms with Crippen molar-refractivity contribution in [2.75, 3.05) is 20.1 Å². The average Bonchev–Trinajstić information content (AvgIpc) is 3.17. The molecule has 4 heterocycles. The van der Waals surface area contributed by atoms with E-state index < -0.39 is 0 Å². The second-order valence-corrected chi connectivity index (χ2v) is 9.12. The van der Waals surface area contributed by atoms with Crippen molar-refractivity contribution in [1.29, 1.82) is 0 Å². The SMILES string of the molecule is CC1=NCC(C)=C1c1sccc1C1CN(C)Cc2sc(Cl)cc21. The van der Waals surface area contributed by atoms with Crippen LogP contribution in [0.25, 0.3) is 5.57 Å². The van der Waals surface area contributed by atoms with Crippen LogP contribution in [-0.4, -0.2) is 30.7 Å². The molecule has 2 aliphatic rings. The highest BCUT2D eigenvalue weighted by Gasteiger charge is 2.30. The van der Waals surface area contributed by atoms with Gasteiger partial charge in [0.25, 0.3) is 0 Å². The first-order valence-corrected chi connectivity index (χ1v) is 9.87. The van der Waals surface area contributed by atoms with Gasteiger partial charge in [-0.1, -0.05) is 11.6 Å². The number of rotatable bonds is 2. The van der Waals surface area contributed by atoms with Crippen LogP contribution in [-0.2, 0) is 6.54 Å². The molecule has 23 heavy (non-hydrogen) atoms. The van der Waals surface area contributed by atoms with Crippen LogP contribution in [0.3, 0.4) is 0 Å². The van der Waals surface area contributed by atoms with E-state index in [1.54, 1.807) is 11.3 Å². The van der Waals surface area contributed by atoms with Gasteiger partial charge in [-0.25, -0.2) is 0 Å². The lowest BCUT2D eigenvalue weighted by atomic mass is 9.87. The van der Waals surface area contributed by atoms with Gasteiger partial charge in [-0.05, 0) is 55.1 Å². The first kappa shape index (κ1) is 15.6. The smallest absolute Gasteiger partial charge is 0.0934 e. The van der Waals surface area contributed by atoms with Crippen LogP contribution in [0.15, 0.2) is 28.1 Å². The molecule has 0 saturated heterocycles. The van der Waals surface area contributed by atoms with Crippen LogP contribution in [0, 0.1) is 0 Å². The fourth-order valence-corrected chi connectivity index (χ4v) is 6.23. The van der Waals surface area contributed by atoms with Crippen molar-refractivity contribution in [2.45, 2.75) is 26.3 Å². The van der Waals surface area contributed by atoms with Gasteiger partial charge in [-0.2, -0.15) is 0 Å². The minimum Gasteiger partial charge on any atom is -0.300 e. The third kappa shape index (κ3) is 2.62. The second kappa shape index (κ2) is 5.85. The molecular formula is C18H19ClN2S2. The minimum absolute atomic E-state index is 0.405. The summed E-state index contributed by atoms with van der Waals surface area (Å²) in [5, 5.41) is 2.22. The van der Waals surface area contributed by atoms with Crippen molar-refractivity contribution in [1.82, 2.24) is 4.90 Å². The molecule has 0 N–H and O–H groups in total. The van der Waals surface area contributed by atoms with Crippen molar-refractivity contribution in [3.8, 4) is 0 Å². The molecule has 0 aliphatic carbocycles. The predicted molar refractivity (Wildman–Crippen MR) is 102 cm³/mol. The van der Waals surface area contributed by atoms with E-state index in [0.29, 0.717) is 5.92 Å². The van der Waals surface area contributed by atoms with Crippen LogP contribution in [0.5, 0.6) is 0 Å². The Kier molecular flexibility index (Phi) is 3.96. The number of nitrogens with zero attached hydrogens (tertiary/aromatic N) is 2. The highest BCUT2D eigenvalue weighted by Crippen LogP contribution is 2.44. The maximum atomic E-state index is 6.31. The lowest BCUT2D eigenvalue weighted by Crippen LogP contribution is -2.30. The molecule has 0 amide bonds. The van der Waals surface area contributed by atoms with Crippen LogP contribution in [0.2, 0.25) is 4.34 Å². The third-order valence-electron chi connectivity index (χ3n) is 4.73. The maximum absolute atomic E-state index is 6.31. The van der Waals surface area contributed by atoms with E-state index in [-0.39, 0.29) is 0 Å². The topological polar surface area (TPSA) is 15.6 Å². The summed E-state index contributed by atoms with van der Waals surface area (Å²) in [6.07, 6.45) is 0. The molecule has 2 aromatic heterocycles. The normalized spacial score (nSPS) is 21.7. The Morgan fingerprint density at radius 2 is 2.13 bits per heavy atom. The van der Waals surface area contributed by atoms with E-state index >= 15 is 0 Å². The van der Waals surface area contributed by atoms with Gasteiger partial charge in [-0.15, -0.1) is 22.7 Å². The first-order valence-electron chi connectivity index (χ1n) is 7.80. The van der Waals surface area contributed by atoms with Crippen LogP contribution >= 0.6 is 34.3 Å². The zero-order valence-corrected chi connectivity index (χ0v) is 15.9. The summed E-state index contributed by atoms with van der Waals surface area (Å²) in [6.45, 7) is 7.24. The Labute approximate surface area is 150 Å². The van der Waals surface area contributed by atoms with E-state index in [9.17, 15) is 0 Å². The van der Waals surface area contributed by atoms with E-state index in [1.165, 1.54) is 37.7 Å². The van der Waals surface area contributed by atoms with E-state index in [2.05, 4.69) is 48.3 Å². The highest BCUT2D eigenvalue weighted by molar-refractivity contribution is 7.16. The van der Waals surface area contributed by atoms with Crippen molar-refractivity contribution in [3.05, 3.63) is 48.3 Å². The summed E-state index contributed by atoms with van der Waals surface area (Å²) in [6, 6.07) is 4.47. The zero-order chi connectivity index (χ0) is 16.1. The van der Waals surface area contributed by atoms with Crippen LogP contribution < -0.4 is 0 Å². The molecule has 0 fully saturated rings. The van der Waals surface area contributed by atoms with Gasteiger partial charge in [0.15, 0.2) is 0 Å². The van der Waals surface area contributed by atoms with Gasteiger partial charge in [0.05, 0.1) is 10.9 Å². The summed E-state index contributed by atoms with van der Waals surface area (Å²) in [7, 11) is 2.20. The van der Waals surface area contributed by atoms with Gasteiger partial charge in [0.1, 0.15) is 0 Å². The van der Waals surface area contributed by atoms with Crippen molar-refractivity contribution < 1.29 is 0 Å². The van der Waals surface area contributed by atoms with Crippen molar-refractivity contribution in [2.24, 2.45) is 4.99 Å². The molecule has 2 aliphatic heterocycles. The number of aliphatic imine (C=N–C) groups is 1. The Bertz CT molecular complexity index is 828. The predicted octanol–water partition coefficient (Wildman–Crippen LogP) is 5.29. The second-order valence-electron chi connectivity index (χ2n) is 6.44. The van der Waals surface area contributed by atoms with E-state index in [1.807, 2.05) is 11.3 Å². The Morgan fingerprint density at radius 3 is 2.87 bits per heavy atom. The molecule has 0 radical (unpaired) electrons. The molecule has 2 aromatic rings. The number of fused-ring (bicyclic) bond motifs is 1. The average molecular weight is 363 g/mol. The maximum Gasteiger partial charge on any atom is 0.0934 e. The number of likely N-dealkylation sites (N-methyl/N-ethyl adjacent to an activating group) is 1. The lowest BCUT2D eigenvalue weighted by molar-refractivity contribution is 0.299. The Morgan fingerprint density at radius 1 is 1.30 bits per heavy atom. The molecule has 4 rings (SSSR count). The van der Waals surface area contributed by atoms with Crippen LogP contribution in [0.1, 0.15) is 40.6 Å². The van der Waals surface area contributed by atoms with Gasteiger partial charge in [-0.3, -0.25) is 4.99 Å². The molecule has 120 valence electrons. The Hall–Kier alpha value is -0.940. The third-order valence-corrected chi connectivity index (χ3v) is 6.95. The fraction of sp³-hybridized carbons (Fsp3) is 0.389. The van der Waals surface area contributed by atoms with Crippen molar-refractivity contribution >= 4 is 45.6 Å². The largest absolute Gasteiger partial charge is 0.300 e. The molecule has 0 spiro atoms. The quantitative estimate of drug-likeness (QED) is 0.708. The molecule has 0 saturated carbocycles. The van der Waals surface area contributed by atoms with Gasteiger partial charge in [0.2, 0.25) is 0 Å². The lowest BCUT2D eigenvalue weighted by Gasteiger charge is -2.30. The summed E-state index contributed by atoms with van der Waals surface area (Å²) in [5.74, 6) is 0.405. The van der Waals surface area contributed by atoms with Gasteiger partial charge in [0, 0.05) is 40.0 Å². The molecule has 0 bridgehead atoms. The number of hydrogen-bond acceptors (Lipinski definition) is 4. The van der Waals surface area contributed by atoms with Crippen molar-refractivity contribution in [3.63, 3.8) is 0 Å². The van der Waals surface area contributed by atoms with E-state index in [4.69, 9.17) is 11.6 Å². The molecule has 0 aromatic carbocycles. The molecular weight excluding hydrogens is 344 g/mol. The summed E-state index contributed by atoms with van der Waals surface area (Å²) < 4.78 is 0.904.